The van der Waals surface area contributed by atoms with Gasteiger partial charge in [0.2, 0.25) is 0 Å². The smallest absolute Gasteiger partial charge is 0.127 e. The average Bonchev–Trinajstić information content (AvgIpc) is 2.70. The molecule has 2 aromatic rings. The number of aromatic nitrogens is 2. The summed E-state index contributed by atoms with van der Waals surface area (Å²) in [6, 6.07) is 7.88. The van der Waals surface area contributed by atoms with Crippen molar-refractivity contribution in [3.63, 3.8) is 0 Å². The fourth-order valence-electron chi connectivity index (χ4n) is 3.55. The fourth-order valence-corrected chi connectivity index (χ4v) is 3.84. The Labute approximate surface area is 177 Å². The first-order valence-electron chi connectivity index (χ1n) is 9.84. The van der Waals surface area contributed by atoms with Gasteiger partial charge in [0.15, 0.2) is 0 Å². The van der Waals surface area contributed by atoms with Crippen LogP contribution in [0.3, 0.4) is 0 Å². The van der Waals surface area contributed by atoms with Gasteiger partial charge in [0.05, 0.1) is 11.4 Å². The van der Waals surface area contributed by atoms with Crippen LogP contribution >= 0.6 is 11.9 Å². The molecule has 0 saturated carbocycles. The summed E-state index contributed by atoms with van der Waals surface area (Å²) in [5.41, 5.74) is 11.7. The molecule has 1 aliphatic rings. The van der Waals surface area contributed by atoms with E-state index in [0.29, 0.717) is 18.8 Å². The van der Waals surface area contributed by atoms with E-state index in [9.17, 15) is 0 Å². The number of pyridine rings is 2. The summed E-state index contributed by atoms with van der Waals surface area (Å²) in [4.78, 5) is 8.86. The van der Waals surface area contributed by atoms with Gasteiger partial charge < -0.3 is 11.1 Å². The van der Waals surface area contributed by atoms with Gasteiger partial charge >= 0.3 is 0 Å². The minimum Gasteiger partial charge on any atom is -0.402 e. The first kappa shape index (κ1) is 21.3. The van der Waals surface area contributed by atoms with Crippen LogP contribution in [-0.4, -0.2) is 21.9 Å². The number of allylic oxidation sites excluding steroid dienone is 2. The second-order valence-corrected chi connectivity index (χ2v) is 8.89. The first-order valence-corrected chi connectivity index (χ1v) is 11.1. The molecule has 0 amide bonds. The zero-order valence-electron chi connectivity index (χ0n) is 17.4. The molecular formula is C22H30N6S. The molecule has 0 saturated heterocycles. The van der Waals surface area contributed by atoms with Crippen molar-refractivity contribution in [2.75, 3.05) is 11.6 Å². The van der Waals surface area contributed by atoms with Crippen molar-refractivity contribution >= 4 is 23.5 Å². The van der Waals surface area contributed by atoms with Crippen LogP contribution in [0, 0.1) is 10.8 Å². The van der Waals surface area contributed by atoms with Gasteiger partial charge in [-0.2, -0.15) is 0 Å². The summed E-state index contributed by atoms with van der Waals surface area (Å²) < 4.78 is 3.24. The quantitative estimate of drug-likeness (QED) is 0.384. The monoisotopic (exact) mass is 410 g/mol. The minimum absolute atomic E-state index is 0.204. The molecule has 7 heteroatoms. The Morgan fingerprint density at radius 1 is 1.31 bits per heavy atom. The molecule has 0 aliphatic heterocycles. The standard InChI is InChI=1S/C22H30N6S/c1-22(2)7-6-18(19(23)11-22)21(24)16-9-17(14-27-29-3)28-20(10-16)26-13-15-5-4-8-25-12-15/h4-5,8-10,12,24,27H,6-7,11,13-14,23H2,1-3H3,(H,26,28). The lowest BCUT2D eigenvalue weighted by Gasteiger charge is -2.32. The van der Waals surface area contributed by atoms with Crippen LogP contribution in [0.15, 0.2) is 47.9 Å². The number of anilines is 1. The summed E-state index contributed by atoms with van der Waals surface area (Å²) in [6.45, 7) is 5.73. The van der Waals surface area contributed by atoms with E-state index in [1.165, 1.54) is 0 Å². The van der Waals surface area contributed by atoms with Crippen molar-refractivity contribution < 1.29 is 0 Å². The van der Waals surface area contributed by atoms with E-state index in [1.807, 2.05) is 36.7 Å². The minimum atomic E-state index is 0.204. The molecule has 0 aromatic carbocycles. The lowest BCUT2D eigenvalue weighted by atomic mass is 9.75. The number of nitrogens with zero attached hydrogens (tertiary/aromatic N) is 2. The maximum atomic E-state index is 8.82. The molecule has 5 N–H and O–H groups in total. The van der Waals surface area contributed by atoms with Gasteiger partial charge in [-0.15, -0.1) is 0 Å². The number of nitrogens with two attached hydrogens (primary N) is 1. The molecule has 2 aromatic heterocycles. The van der Waals surface area contributed by atoms with Crippen LogP contribution in [0.5, 0.6) is 0 Å². The maximum absolute atomic E-state index is 8.82. The third kappa shape index (κ3) is 5.81. The second-order valence-electron chi connectivity index (χ2n) is 8.19. The van der Waals surface area contributed by atoms with Gasteiger partial charge in [-0.3, -0.25) is 15.1 Å². The molecular weight excluding hydrogens is 380 g/mol. The SMILES string of the molecule is CSNCc1cc(C(=N)C2=C(N)CC(C)(C)CC2)cc(NCc2cccnc2)n1. The van der Waals surface area contributed by atoms with Gasteiger partial charge in [0.25, 0.3) is 0 Å². The molecule has 6 nitrogen and oxygen atoms in total. The van der Waals surface area contributed by atoms with E-state index >= 15 is 0 Å². The highest BCUT2D eigenvalue weighted by Gasteiger charge is 2.28. The number of hydrogen-bond acceptors (Lipinski definition) is 7. The topological polar surface area (TPSA) is 99.7 Å². The fraction of sp³-hybridized carbons (Fsp3) is 0.409. The first-order chi connectivity index (χ1) is 13.9. The molecule has 0 fully saturated rings. The van der Waals surface area contributed by atoms with E-state index < -0.39 is 0 Å². The Kier molecular flexibility index (Phi) is 6.92. The van der Waals surface area contributed by atoms with Crippen LogP contribution in [0.4, 0.5) is 5.82 Å². The molecule has 2 heterocycles. The Balaban J connectivity index is 1.85. The molecule has 154 valence electrons. The lowest BCUT2D eigenvalue weighted by Crippen LogP contribution is -2.25. The zero-order chi connectivity index (χ0) is 20.9. The molecule has 0 atom stereocenters. The van der Waals surface area contributed by atoms with Gasteiger partial charge in [-0.25, -0.2) is 4.98 Å². The highest BCUT2D eigenvalue weighted by molar-refractivity contribution is 7.96. The van der Waals surface area contributed by atoms with Gasteiger partial charge in [-0.05, 0) is 60.3 Å². The van der Waals surface area contributed by atoms with E-state index in [4.69, 9.17) is 16.1 Å². The van der Waals surface area contributed by atoms with Crippen LogP contribution < -0.4 is 15.8 Å². The lowest BCUT2D eigenvalue weighted by molar-refractivity contribution is 0.315. The number of rotatable bonds is 8. The van der Waals surface area contributed by atoms with Gasteiger partial charge in [-0.1, -0.05) is 31.9 Å². The van der Waals surface area contributed by atoms with Crippen molar-refractivity contribution in [1.29, 1.82) is 5.41 Å². The van der Waals surface area contributed by atoms with E-state index in [2.05, 4.69) is 28.9 Å². The van der Waals surface area contributed by atoms with Crippen LogP contribution in [0.2, 0.25) is 0 Å². The van der Waals surface area contributed by atoms with Crippen LogP contribution in [0.1, 0.15) is 49.9 Å². The van der Waals surface area contributed by atoms with E-state index in [-0.39, 0.29) is 5.41 Å². The maximum Gasteiger partial charge on any atom is 0.127 e. The number of nitrogens with one attached hydrogen (secondary N) is 3. The summed E-state index contributed by atoms with van der Waals surface area (Å²) in [7, 11) is 0. The normalized spacial score (nSPS) is 16.0. The Morgan fingerprint density at radius 2 is 2.14 bits per heavy atom. The van der Waals surface area contributed by atoms with Gasteiger partial charge in [0.1, 0.15) is 5.82 Å². The Bertz CT molecular complexity index is 891. The summed E-state index contributed by atoms with van der Waals surface area (Å²) in [6.07, 6.45) is 8.32. The van der Waals surface area contributed by atoms with Crippen LogP contribution in [0.25, 0.3) is 0 Å². The molecule has 0 radical (unpaired) electrons. The van der Waals surface area contributed by atoms with Crippen molar-refractivity contribution in [2.45, 2.75) is 46.2 Å². The van der Waals surface area contributed by atoms with Gasteiger partial charge in [0, 0.05) is 36.7 Å². The molecule has 29 heavy (non-hydrogen) atoms. The molecule has 0 spiro atoms. The van der Waals surface area contributed by atoms with E-state index in [1.54, 1.807) is 18.1 Å². The number of hydrogen-bond donors (Lipinski definition) is 4. The second kappa shape index (κ2) is 9.41. The molecule has 0 bridgehead atoms. The summed E-state index contributed by atoms with van der Waals surface area (Å²) >= 11 is 1.55. The van der Waals surface area contributed by atoms with Crippen molar-refractivity contribution in [3.05, 3.63) is 64.8 Å². The van der Waals surface area contributed by atoms with Crippen molar-refractivity contribution in [2.24, 2.45) is 11.1 Å². The highest BCUT2D eigenvalue weighted by Crippen LogP contribution is 2.37. The Morgan fingerprint density at radius 3 is 2.83 bits per heavy atom. The van der Waals surface area contributed by atoms with Crippen molar-refractivity contribution in [1.82, 2.24) is 14.7 Å². The molecule has 0 unspecified atom stereocenters. The van der Waals surface area contributed by atoms with Crippen molar-refractivity contribution in [3.8, 4) is 0 Å². The largest absolute Gasteiger partial charge is 0.402 e. The molecule has 1 aliphatic carbocycles. The third-order valence-electron chi connectivity index (χ3n) is 5.17. The summed E-state index contributed by atoms with van der Waals surface area (Å²) in [5, 5.41) is 12.2. The predicted octanol–water partition coefficient (Wildman–Crippen LogP) is 4.25. The van der Waals surface area contributed by atoms with Crippen LogP contribution in [-0.2, 0) is 13.1 Å². The predicted molar refractivity (Wildman–Crippen MR) is 122 cm³/mol. The third-order valence-corrected chi connectivity index (χ3v) is 5.60. The van der Waals surface area contributed by atoms with E-state index in [0.717, 1.165) is 53.2 Å². The molecule has 3 rings (SSSR count). The average molecular weight is 411 g/mol. The zero-order valence-corrected chi connectivity index (χ0v) is 18.2. The summed E-state index contributed by atoms with van der Waals surface area (Å²) in [5.74, 6) is 0.754. The highest BCUT2D eigenvalue weighted by atomic mass is 32.2. The Hall–Kier alpha value is -2.38.